The Bertz CT molecular complexity index is 216. The summed E-state index contributed by atoms with van der Waals surface area (Å²) in [6, 6.07) is 0. The number of guanidine groups is 2. The average molecular weight is 545 g/mol. The fourth-order valence-corrected chi connectivity index (χ4v) is 1.37. The van der Waals surface area contributed by atoms with Gasteiger partial charge in [-0.2, -0.15) is 0 Å². The third-order valence-corrected chi connectivity index (χ3v) is 2.37. The third kappa shape index (κ3) is 14.3. The Morgan fingerprint density at radius 2 is 1.78 bits per heavy atom. The van der Waals surface area contributed by atoms with Gasteiger partial charge < -0.3 is 11.1 Å². The number of hydrogen-bond acceptors (Lipinski definition) is 2. The maximum atomic E-state index is 7.42. The van der Waals surface area contributed by atoms with E-state index in [4.69, 9.17) is 16.6 Å². The number of hydrogen-bond donors (Lipinski definition) is 5. The molecule has 0 aromatic heterocycles. The molecule has 0 spiro atoms. The van der Waals surface area contributed by atoms with Gasteiger partial charge in [0.25, 0.3) is 0 Å². The summed E-state index contributed by atoms with van der Waals surface area (Å²) in [5, 5.41) is 19.7. The second kappa shape index (κ2) is 15.3. The number of unbranched alkanes of at least 4 members (excludes halogenated alkanes) is 1. The quantitative estimate of drug-likeness (QED) is 0.261. The predicted molar refractivity (Wildman–Crippen MR) is 78.6 cm³/mol. The molecular formula is C10H25Cl2N5No. The molecule has 0 radical (unpaired) electrons. The number of rotatable bonds is 6. The number of nitrogens with two attached hydrogens (primary N) is 1. The van der Waals surface area contributed by atoms with Gasteiger partial charge in [0.15, 0.2) is 11.9 Å². The van der Waals surface area contributed by atoms with Gasteiger partial charge >= 0.3 is 0 Å². The predicted octanol–water partition coefficient (Wildman–Crippen LogP) is 2.05. The Balaban J connectivity index is -0.000000327. The van der Waals surface area contributed by atoms with E-state index < -0.39 is 0 Å². The molecule has 0 fully saturated rings. The number of halogens is 2. The van der Waals surface area contributed by atoms with Crippen LogP contribution < -0.4 is 16.4 Å². The van der Waals surface area contributed by atoms with Gasteiger partial charge in [-0.1, -0.05) is 33.1 Å². The minimum absolute atomic E-state index is 0. The van der Waals surface area contributed by atoms with E-state index in [2.05, 4.69) is 24.5 Å². The van der Waals surface area contributed by atoms with Gasteiger partial charge in [-0.15, -0.1) is 24.8 Å². The zero-order valence-electron chi connectivity index (χ0n) is 10.8. The van der Waals surface area contributed by atoms with E-state index in [0.29, 0.717) is 5.92 Å². The largest absolute Gasteiger partial charge is 0.370 e. The molecule has 18 heavy (non-hydrogen) atoms. The van der Waals surface area contributed by atoms with Crippen LogP contribution in [0.2, 0.25) is 0 Å². The van der Waals surface area contributed by atoms with E-state index in [-0.39, 0.29) is 36.7 Å². The van der Waals surface area contributed by atoms with Crippen molar-refractivity contribution in [3.63, 3.8) is 0 Å². The van der Waals surface area contributed by atoms with Crippen molar-refractivity contribution in [2.24, 2.45) is 11.7 Å². The van der Waals surface area contributed by atoms with Crippen molar-refractivity contribution in [1.82, 2.24) is 10.6 Å². The molecule has 0 amide bonds. The van der Waals surface area contributed by atoms with Crippen molar-refractivity contribution >= 4 is 36.7 Å². The fraction of sp³-hybridized carbons (Fsp3) is 0.800. The van der Waals surface area contributed by atoms with Gasteiger partial charge in [-0.3, -0.25) is 16.1 Å². The average Bonchev–Trinajstić information content (AvgIpc) is 2.17. The van der Waals surface area contributed by atoms with Crippen LogP contribution in [0.5, 0.6) is 0 Å². The first-order chi connectivity index (χ1) is 7.10. The van der Waals surface area contributed by atoms with Crippen LogP contribution in [0, 0.1) is 16.7 Å². The van der Waals surface area contributed by atoms with Gasteiger partial charge in [-0.05, 0) is 12.3 Å². The molecular weight excluding hydrogens is 520 g/mol. The maximum absolute atomic E-state index is 7.42. The Morgan fingerprint density at radius 1 is 1.22 bits per heavy atom. The number of nitrogens with one attached hydrogen (secondary N) is 4. The molecule has 0 aromatic carbocycles. The SMILES string of the molecule is CCCCC(CC)CNC(=N)NC(=N)N.Cl.Cl.[No]. The Morgan fingerprint density at radius 3 is 2.17 bits per heavy atom. The minimum Gasteiger partial charge on any atom is -0.370 e. The van der Waals surface area contributed by atoms with E-state index >= 15 is 0 Å². The molecule has 1 unspecified atom stereocenters. The van der Waals surface area contributed by atoms with Gasteiger partial charge in [0.1, 0.15) is 0 Å². The molecule has 118 valence electrons. The van der Waals surface area contributed by atoms with Crippen LogP contribution in [0.15, 0.2) is 0 Å². The summed E-state index contributed by atoms with van der Waals surface area (Å²) >= 11 is 0. The molecule has 0 heterocycles. The Labute approximate surface area is 116 Å². The van der Waals surface area contributed by atoms with E-state index in [0.717, 1.165) is 13.0 Å². The van der Waals surface area contributed by atoms with Gasteiger partial charge in [-0.25, -0.2) is 0 Å². The zero-order valence-corrected chi connectivity index (χ0v) is 14.6. The third-order valence-electron chi connectivity index (χ3n) is 2.37. The van der Waals surface area contributed by atoms with E-state index in [9.17, 15) is 0 Å². The smallest absolute Gasteiger partial charge is 0.195 e. The van der Waals surface area contributed by atoms with Crippen LogP contribution in [0.1, 0.15) is 39.5 Å². The molecule has 0 aromatic rings. The minimum atomic E-state index is -0.200. The summed E-state index contributed by atoms with van der Waals surface area (Å²) in [5.41, 5.74) is 5.10. The van der Waals surface area contributed by atoms with Crippen molar-refractivity contribution in [3.05, 3.63) is 0 Å². The van der Waals surface area contributed by atoms with Crippen LogP contribution in [0.25, 0.3) is 0 Å². The topological polar surface area (TPSA) is 97.8 Å². The first-order valence-electron chi connectivity index (χ1n) is 5.53. The van der Waals surface area contributed by atoms with E-state index in [1.165, 1.54) is 19.3 Å². The second-order valence-corrected chi connectivity index (χ2v) is 3.71. The van der Waals surface area contributed by atoms with Crippen LogP contribution in [0.3, 0.4) is 0 Å². The zero-order chi connectivity index (χ0) is 11.7. The van der Waals surface area contributed by atoms with Crippen molar-refractivity contribution in [2.45, 2.75) is 39.5 Å². The summed E-state index contributed by atoms with van der Waals surface area (Å²) in [6.45, 7) is 5.11. The molecule has 0 aliphatic heterocycles. The standard InChI is InChI=1S/C10H23N5.2ClH.No/c1-3-5-6-8(4-2)7-14-10(13)15-9(11)12;;;/h8H,3-7H2,1-2H3,(H6,11,12,13,14,15);2*1H;. The maximum Gasteiger partial charge on any atom is 0.195 e. The molecule has 0 aliphatic rings. The van der Waals surface area contributed by atoms with Crippen molar-refractivity contribution in [2.75, 3.05) is 6.54 Å². The van der Waals surface area contributed by atoms with Crippen LogP contribution in [0.4, 0.5) is 0 Å². The molecule has 8 heteroatoms. The Kier molecular flexibility index (Phi) is 21.5. The van der Waals surface area contributed by atoms with Gasteiger partial charge in [0.05, 0.1) is 0 Å². The van der Waals surface area contributed by atoms with Crippen LogP contribution in [-0.4, -0.2) is 18.5 Å². The fourth-order valence-electron chi connectivity index (χ4n) is 1.37. The molecule has 0 saturated carbocycles. The summed E-state index contributed by atoms with van der Waals surface area (Å²) in [6.07, 6.45) is 4.74. The van der Waals surface area contributed by atoms with Crippen molar-refractivity contribution < 1.29 is 0 Å². The second-order valence-electron chi connectivity index (χ2n) is 3.71. The molecule has 5 nitrogen and oxygen atoms in total. The van der Waals surface area contributed by atoms with Crippen LogP contribution >= 0.6 is 24.8 Å². The first-order valence-corrected chi connectivity index (χ1v) is 5.53. The normalized spacial score (nSPS) is 9.89. The van der Waals surface area contributed by atoms with E-state index in [1.807, 2.05) is 0 Å². The monoisotopic (exact) mass is 544 g/mol. The molecule has 0 bridgehead atoms. The summed E-state index contributed by atoms with van der Waals surface area (Å²) in [4.78, 5) is 0. The summed E-state index contributed by atoms with van der Waals surface area (Å²) in [5.74, 6) is 0.505. The molecule has 0 aliphatic carbocycles. The molecule has 0 rings (SSSR count). The molecule has 0 saturated heterocycles. The summed E-state index contributed by atoms with van der Waals surface area (Å²) in [7, 11) is 0. The van der Waals surface area contributed by atoms with Gasteiger partial charge in [0, 0.05) is 6.54 Å². The Hall–Kier alpha value is -1.68. The molecule has 1 atom stereocenters. The van der Waals surface area contributed by atoms with E-state index in [1.54, 1.807) is 0 Å². The van der Waals surface area contributed by atoms with Crippen LogP contribution in [-0.2, 0) is 0 Å². The van der Waals surface area contributed by atoms with Crippen molar-refractivity contribution in [3.8, 4) is 0 Å². The van der Waals surface area contributed by atoms with Gasteiger partial charge in [0.2, 0.25) is 0 Å². The van der Waals surface area contributed by atoms with Crippen molar-refractivity contribution in [1.29, 1.82) is 10.8 Å². The summed E-state index contributed by atoms with van der Waals surface area (Å²) < 4.78 is 0. The first kappa shape index (κ1) is 25.2. The molecule has 6 N–H and O–H groups in total.